The van der Waals surface area contributed by atoms with Crippen molar-refractivity contribution in [3.63, 3.8) is 0 Å². The molecular formula is C20H16N2O5S. The summed E-state index contributed by atoms with van der Waals surface area (Å²) in [6.45, 7) is 2.31. The molecule has 1 aliphatic rings. The van der Waals surface area contributed by atoms with Gasteiger partial charge in [-0.3, -0.25) is 14.5 Å². The van der Waals surface area contributed by atoms with E-state index < -0.39 is 17.7 Å². The lowest BCUT2D eigenvalue weighted by Gasteiger charge is -2.20. The number of aromatic nitrogens is 1. The van der Waals surface area contributed by atoms with Gasteiger partial charge in [0.1, 0.15) is 23.3 Å². The quantitative estimate of drug-likeness (QED) is 0.401. The molecule has 0 bridgehead atoms. The zero-order valence-electron chi connectivity index (χ0n) is 14.9. The molecule has 0 spiro atoms. The summed E-state index contributed by atoms with van der Waals surface area (Å²) in [5.41, 5.74) is 0.323. The number of carbonyl (C=O) groups excluding carboxylic acids is 2. The number of furan rings is 1. The maximum absolute atomic E-state index is 12.8. The number of amides is 1. The van der Waals surface area contributed by atoms with E-state index in [9.17, 15) is 14.7 Å². The molecule has 1 atom stereocenters. The van der Waals surface area contributed by atoms with E-state index in [0.717, 1.165) is 0 Å². The Morgan fingerprint density at radius 2 is 2.18 bits per heavy atom. The van der Waals surface area contributed by atoms with Crippen molar-refractivity contribution < 1.29 is 23.8 Å². The molecule has 142 valence electrons. The SMILES string of the molecule is CCOc1cccc(C(O)=C2C(=O)C(=O)N(c3nccs3)C2c2ccco2)c1. The van der Waals surface area contributed by atoms with E-state index in [1.807, 2.05) is 6.92 Å². The Morgan fingerprint density at radius 3 is 2.86 bits per heavy atom. The number of hydrogen-bond donors (Lipinski definition) is 1. The van der Waals surface area contributed by atoms with Crippen LogP contribution in [-0.2, 0) is 9.59 Å². The predicted octanol–water partition coefficient (Wildman–Crippen LogP) is 3.76. The highest BCUT2D eigenvalue weighted by Crippen LogP contribution is 2.42. The zero-order valence-corrected chi connectivity index (χ0v) is 15.7. The molecule has 1 fully saturated rings. The average Bonchev–Trinajstić information content (AvgIpc) is 3.44. The summed E-state index contributed by atoms with van der Waals surface area (Å²) < 4.78 is 10.9. The molecule has 1 saturated heterocycles. The van der Waals surface area contributed by atoms with Gasteiger partial charge in [-0.15, -0.1) is 11.3 Å². The second kappa shape index (κ2) is 7.32. The fraction of sp³-hybridized carbons (Fsp3) is 0.150. The molecule has 28 heavy (non-hydrogen) atoms. The number of thiazole rings is 1. The van der Waals surface area contributed by atoms with Crippen molar-refractivity contribution in [1.29, 1.82) is 0 Å². The normalized spacial score (nSPS) is 18.6. The molecule has 1 unspecified atom stereocenters. The number of rotatable bonds is 5. The standard InChI is InChI=1S/C20H16N2O5S/c1-2-26-13-6-3-5-12(11-13)17(23)15-16(14-7-4-9-27-14)22(19(25)18(15)24)20-21-8-10-28-20/h3-11,16,23H,2H2,1H3. The van der Waals surface area contributed by atoms with Crippen LogP contribution in [0.5, 0.6) is 5.75 Å². The number of carbonyl (C=O) groups is 2. The van der Waals surface area contributed by atoms with Crippen molar-refractivity contribution in [2.45, 2.75) is 13.0 Å². The van der Waals surface area contributed by atoms with Crippen LogP contribution in [0.15, 0.2) is 64.2 Å². The first-order chi connectivity index (χ1) is 13.6. The molecule has 3 heterocycles. The Hall–Kier alpha value is -3.39. The van der Waals surface area contributed by atoms with Crippen molar-refractivity contribution >= 4 is 33.9 Å². The summed E-state index contributed by atoms with van der Waals surface area (Å²) in [6.07, 6.45) is 3.00. The van der Waals surface area contributed by atoms with Crippen molar-refractivity contribution in [3.8, 4) is 5.75 Å². The minimum absolute atomic E-state index is 0.0520. The van der Waals surface area contributed by atoms with Gasteiger partial charge in [-0.05, 0) is 31.2 Å². The largest absolute Gasteiger partial charge is 0.507 e. The summed E-state index contributed by atoms with van der Waals surface area (Å²) >= 11 is 1.22. The molecule has 1 amide bonds. The lowest BCUT2D eigenvalue weighted by Crippen LogP contribution is -2.29. The van der Waals surface area contributed by atoms with Gasteiger partial charge in [0, 0.05) is 17.1 Å². The van der Waals surface area contributed by atoms with E-state index in [4.69, 9.17) is 9.15 Å². The Bertz CT molecular complexity index is 1040. The molecule has 1 aromatic carbocycles. The predicted molar refractivity (Wildman–Crippen MR) is 103 cm³/mol. The Kier molecular flexibility index (Phi) is 4.70. The molecule has 0 radical (unpaired) electrons. The molecule has 1 aliphatic heterocycles. The summed E-state index contributed by atoms with van der Waals surface area (Å²) in [4.78, 5) is 31.0. The summed E-state index contributed by atoms with van der Waals surface area (Å²) in [5.74, 6) is -0.942. The first-order valence-electron chi connectivity index (χ1n) is 8.59. The van der Waals surface area contributed by atoms with Crippen LogP contribution < -0.4 is 9.64 Å². The molecule has 2 aromatic heterocycles. The molecular weight excluding hydrogens is 380 g/mol. The van der Waals surface area contributed by atoms with Gasteiger partial charge in [-0.1, -0.05) is 12.1 Å². The van der Waals surface area contributed by atoms with Crippen LogP contribution in [0, 0.1) is 0 Å². The number of nitrogens with zero attached hydrogens (tertiary/aromatic N) is 2. The van der Waals surface area contributed by atoms with Crippen LogP contribution in [0.1, 0.15) is 24.3 Å². The monoisotopic (exact) mass is 396 g/mol. The number of aliphatic hydroxyl groups is 1. The first kappa shape index (κ1) is 18.0. The maximum Gasteiger partial charge on any atom is 0.302 e. The number of anilines is 1. The fourth-order valence-corrected chi connectivity index (χ4v) is 3.80. The lowest BCUT2D eigenvalue weighted by atomic mass is 9.99. The second-order valence-electron chi connectivity index (χ2n) is 5.96. The highest BCUT2D eigenvalue weighted by atomic mass is 32.1. The van der Waals surface area contributed by atoms with E-state index in [1.54, 1.807) is 48.0 Å². The number of ketones is 1. The van der Waals surface area contributed by atoms with Crippen LogP contribution in [0.3, 0.4) is 0 Å². The highest BCUT2D eigenvalue weighted by molar-refractivity contribution is 7.14. The van der Waals surface area contributed by atoms with E-state index >= 15 is 0 Å². The lowest BCUT2D eigenvalue weighted by molar-refractivity contribution is -0.132. The molecule has 4 rings (SSSR count). The van der Waals surface area contributed by atoms with Gasteiger partial charge in [0.2, 0.25) is 0 Å². The number of benzene rings is 1. The van der Waals surface area contributed by atoms with Crippen LogP contribution >= 0.6 is 11.3 Å². The first-order valence-corrected chi connectivity index (χ1v) is 9.47. The minimum atomic E-state index is -0.906. The molecule has 7 nitrogen and oxygen atoms in total. The third kappa shape index (κ3) is 2.97. The van der Waals surface area contributed by atoms with Crippen molar-refractivity contribution in [3.05, 3.63) is 71.1 Å². The summed E-state index contributed by atoms with van der Waals surface area (Å²) in [6, 6.07) is 9.13. The van der Waals surface area contributed by atoms with Gasteiger partial charge in [0.25, 0.3) is 5.78 Å². The molecule has 1 N–H and O–H groups in total. The van der Waals surface area contributed by atoms with Gasteiger partial charge in [-0.25, -0.2) is 4.98 Å². The van der Waals surface area contributed by atoms with Crippen molar-refractivity contribution in [2.75, 3.05) is 11.5 Å². The van der Waals surface area contributed by atoms with E-state index in [2.05, 4.69) is 4.98 Å². The van der Waals surface area contributed by atoms with Gasteiger partial charge in [-0.2, -0.15) is 0 Å². The summed E-state index contributed by atoms with van der Waals surface area (Å²) in [5, 5.41) is 13.0. The smallest absolute Gasteiger partial charge is 0.302 e. The second-order valence-corrected chi connectivity index (χ2v) is 6.83. The Balaban J connectivity index is 1.88. The van der Waals surface area contributed by atoms with E-state index in [1.165, 1.54) is 22.5 Å². The highest BCUT2D eigenvalue weighted by Gasteiger charge is 2.49. The van der Waals surface area contributed by atoms with Crippen molar-refractivity contribution in [2.24, 2.45) is 0 Å². The average molecular weight is 396 g/mol. The van der Waals surface area contributed by atoms with Crippen molar-refractivity contribution in [1.82, 2.24) is 4.98 Å². The molecule has 8 heteroatoms. The third-order valence-electron chi connectivity index (χ3n) is 4.30. The van der Waals surface area contributed by atoms with Crippen LogP contribution in [-0.4, -0.2) is 28.4 Å². The molecule has 3 aromatic rings. The number of hydrogen-bond acceptors (Lipinski definition) is 7. The van der Waals surface area contributed by atoms with Gasteiger partial charge < -0.3 is 14.3 Å². The Morgan fingerprint density at radius 1 is 1.32 bits per heavy atom. The topological polar surface area (TPSA) is 92.9 Å². The third-order valence-corrected chi connectivity index (χ3v) is 5.07. The molecule has 0 aliphatic carbocycles. The number of aliphatic hydroxyl groups excluding tert-OH is 1. The van der Waals surface area contributed by atoms with Gasteiger partial charge >= 0.3 is 5.91 Å². The van der Waals surface area contributed by atoms with E-state index in [-0.39, 0.29) is 11.3 Å². The summed E-state index contributed by atoms with van der Waals surface area (Å²) in [7, 11) is 0. The van der Waals surface area contributed by atoms with Crippen LogP contribution in [0.25, 0.3) is 5.76 Å². The van der Waals surface area contributed by atoms with Gasteiger partial charge in [0.15, 0.2) is 5.13 Å². The van der Waals surface area contributed by atoms with E-state index in [0.29, 0.717) is 28.8 Å². The maximum atomic E-state index is 12.8. The van der Waals surface area contributed by atoms with Gasteiger partial charge in [0.05, 0.1) is 18.4 Å². The number of ether oxygens (including phenoxy) is 1. The van der Waals surface area contributed by atoms with Crippen LogP contribution in [0.4, 0.5) is 5.13 Å². The number of Topliss-reactive ketones (excluding diaryl/α,β-unsaturated/α-hetero) is 1. The van der Waals surface area contributed by atoms with Crippen LogP contribution in [0.2, 0.25) is 0 Å². The Labute approximate surface area is 164 Å². The minimum Gasteiger partial charge on any atom is -0.507 e. The molecule has 0 saturated carbocycles. The zero-order chi connectivity index (χ0) is 19.7. The fourth-order valence-electron chi connectivity index (χ4n) is 3.14.